The van der Waals surface area contributed by atoms with Crippen molar-refractivity contribution in [1.29, 1.82) is 0 Å². The van der Waals surface area contributed by atoms with E-state index in [0.29, 0.717) is 34.1 Å². The van der Waals surface area contributed by atoms with Gasteiger partial charge in [-0.15, -0.1) is 0 Å². The highest BCUT2D eigenvalue weighted by molar-refractivity contribution is 8.76. The Labute approximate surface area is 255 Å². The number of ketones is 1. The van der Waals surface area contributed by atoms with Crippen LogP contribution in [0.4, 0.5) is 4.79 Å². The van der Waals surface area contributed by atoms with E-state index >= 15 is 0 Å². The fourth-order valence-electron chi connectivity index (χ4n) is 4.43. The molecule has 1 unspecified atom stereocenters. The molecule has 0 bridgehead atoms. The van der Waals surface area contributed by atoms with Crippen LogP contribution in [0.15, 0.2) is 59.5 Å². The van der Waals surface area contributed by atoms with E-state index in [1.54, 1.807) is 24.3 Å². The number of sulfonamides is 1. The van der Waals surface area contributed by atoms with Gasteiger partial charge < -0.3 is 25.1 Å². The number of carbonyl (C=O) groups excluding carboxylic acids is 2. The van der Waals surface area contributed by atoms with Crippen molar-refractivity contribution in [3.8, 4) is 0 Å². The molecule has 0 amide bonds. The monoisotopic (exact) mass is 638 g/mol. The van der Waals surface area contributed by atoms with Crippen molar-refractivity contribution in [2.45, 2.75) is 56.9 Å². The number of Topliss-reactive ketones (excluding diaryl/α,β-unsaturated/α-hetero) is 1. The maximum Gasteiger partial charge on any atom is 0.508 e. The predicted octanol–water partition coefficient (Wildman–Crippen LogP) is 4.79. The standard InChI is InChI=1S/C29H38N2O8S3/c1-20-8-6-7-11-25(20)39-29(34)38-17-19-41-40-18-16-37-28(33)31-42(35,36)24-14-12-23(13-15-24)27(30)26(21(2)32)22-9-4-3-5-10-22/h3-5,9-10,12-15,20,25,28,31,33H,6-8,11,16-19,30H2,1-2H3/t20-,25+,28?/m0/s1. The molecule has 2 aromatic carbocycles. The number of hydrogen-bond donors (Lipinski definition) is 3. The van der Waals surface area contributed by atoms with E-state index in [4.69, 9.17) is 19.9 Å². The van der Waals surface area contributed by atoms with Crippen molar-refractivity contribution in [1.82, 2.24) is 4.72 Å². The minimum Gasteiger partial charge on any atom is -0.433 e. The van der Waals surface area contributed by atoms with Crippen LogP contribution in [0, 0.1) is 5.92 Å². The SMILES string of the molecule is CC(=O)C(=C(N)c1ccc(S(=O)(=O)NC(O)OCCSSCCOC(=O)O[C@@H]2CCCC[C@@H]2C)cc1)c1ccccc1. The summed E-state index contributed by atoms with van der Waals surface area (Å²) in [5, 5.41) is 10.0. The highest BCUT2D eigenvalue weighted by Crippen LogP contribution is 2.27. The van der Waals surface area contributed by atoms with Gasteiger partial charge in [-0.1, -0.05) is 77.4 Å². The Kier molecular flexibility index (Phi) is 13.7. The third-order valence-corrected chi connectivity index (χ3v) is 10.3. The first-order chi connectivity index (χ1) is 20.1. The molecule has 1 aliphatic rings. The van der Waals surface area contributed by atoms with E-state index in [-0.39, 0.29) is 35.7 Å². The number of nitrogens with two attached hydrogens (primary N) is 1. The van der Waals surface area contributed by atoms with E-state index in [1.807, 2.05) is 6.07 Å². The maximum atomic E-state index is 12.7. The average molecular weight is 639 g/mol. The van der Waals surface area contributed by atoms with Crippen LogP contribution in [-0.2, 0) is 29.0 Å². The summed E-state index contributed by atoms with van der Waals surface area (Å²) < 4.78 is 43.1. The van der Waals surface area contributed by atoms with E-state index in [2.05, 4.69) is 11.6 Å². The number of hydrogen-bond acceptors (Lipinski definition) is 11. The van der Waals surface area contributed by atoms with Crippen LogP contribution in [0.5, 0.6) is 0 Å². The first kappa shape index (κ1) is 33.9. The van der Waals surface area contributed by atoms with Crippen molar-refractivity contribution in [2.24, 2.45) is 11.7 Å². The number of rotatable bonds is 15. The fourth-order valence-corrected chi connectivity index (χ4v) is 7.06. The predicted molar refractivity (Wildman–Crippen MR) is 166 cm³/mol. The lowest BCUT2D eigenvalue weighted by Gasteiger charge is -2.27. The molecule has 230 valence electrons. The zero-order valence-electron chi connectivity index (χ0n) is 23.7. The van der Waals surface area contributed by atoms with Crippen LogP contribution >= 0.6 is 21.6 Å². The summed E-state index contributed by atoms with van der Waals surface area (Å²) in [7, 11) is -1.20. The molecule has 1 saturated carbocycles. The first-order valence-electron chi connectivity index (χ1n) is 13.6. The Hall–Kier alpha value is -2.55. The van der Waals surface area contributed by atoms with Crippen molar-refractivity contribution in [3.05, 3.63) is 65.7 Å². The molecule has 0 heterocycles. The minimum atomic E-state index is -4.09. The maximum absolute atomic E-state index is 12.7. The average Bonchev–Trinajstić information content (AvgIpc) is 2.96. The minimum absolute atomic E-state index is 0.0736. The van der Waals surface area contributed by atoms with Gasteiger partial charge in [-0.25, -0.2) is 13.2 Å². The number of carbonyl (C=O) groups is 2. The third-order valence-electron chi connectivity index (χ3n) is 6.61. The van der Waals surface area contributed by atoms with Crippen LogP contribution < -0.4 is 10.5 Å². The molecule has 1 aliphatic carbocycles. The first-order valence-corrected chi connectivity index (χ1v) is 17.6. The summed E-state index contributed by atoms with van der Waals surface area (Å²) in [6, 6.07) is 14.6. The van der Waals surface area contributed by atoms with E-state index in [0.717, 1.165) is 19.3 Å². The number of allylic oxidation sites excluding steroid dienone is 1. The molecular weight excluding hydrogens is 601 g/mol. The van der Waals surface area contributed by atoms with Gasteiger partial charge in [-0.2, -0.15) is 4.72 Å². The van der Waals surface area contributed by atoms with Gasteiger partial charge in [0.2, 0.25) is 16.4 Å². The largest absolute Gasteiger partial charge is 0.508 e. The third kappa shape index (κ3) is 10.6. The van der Waals surface area contributed by atoms with Gasteiger partial charge in [-0.05, 0) is 55.4 Å². The van der Waals surface area contributed by atoms with E-state index in [1.165, 1.54) is 59.2 Å². The van der Waals surface area contributed by atoms with Crippen molar-refractivity contribution >= 4 is 54.8 Å². The van der Waals surface area contributed by atoms with Gasteiger partial charge in [0.25, 0.3) is 0 Å². The molecule has 42 heavy (non-hydrogen) atoms. The molecule has 0 aromatic heterocycles. The summed E-state index contributed by atoms with van der Waals surface area (Å²) in [4.78, 5) is 24.0. The second-order valence-corrected chi connectivity index (χ2v) is 14.2. The number of nitrogens with one attached hydrogen (secondary N) is 1. The van der Waals surface area contributed by atoms with Gasteiger partial charge in [0.05, 0.1) is 17.2 Å². The number of aliphatic hydroxyl groups excluding tert-OH is 1. The number of ether oxygens (including phenoxy) is 3. The molecule has 3 rings (SSSR count). The second-order valence-electron chi connectivity index (χ2n) is 9.74. The van der Waals surface area contributed by atoms with Gasteiger partial charge in [-0.3, -0.25) is 4.79 Å². The molecule has 2 aromatic rings. The molecule has 4 N–H and O–H groups in total. The van der Waals surface area contributed by atoms with Gasteiger partial charge >= 0.3 is 6.16 Å². The Balaban J connectivity index is 1.37. The van der Waals surface area contributed by atoms with Gasteiger partial charge in [0.1, 0.15) is 12.7 Å². The summed E-state index contributed by atoms with van der Waals surface area (Å²) in [5.74, 6) is 1.15. The summed E-state index contributed by atoms with van der Waals surface area (Å²) in [5.41, 5.74) is 7.98. The summed E-state index contributed by atoms with van der Waals surface area (Å²) in [6.45, 7) is 3.79. The normalized spacial score (nSPS) is 18.5. The van der Waals surface area contributed by atoms with Crippen LogP contribution in [-0.4, -0.2) is 62.7 Å². The second kappa shape index (κ2) is 16.9. The summed E-state index contributed by atoms with van der Waals surface area (Å²) >= 11 is 0. The van der Waals surface area contributed by atoms with Gasteiger partial charge in [0.15, 0.2) is 5.78 Å². The molecule has 0 aliphatic heterocycles. The zero-order valence-corrected chi connectivity index (χ0v) is 26.1. The highest BCUT2D eigenvalue weighted by atomic mass is 33.1. The molecule has 0 radical (unpaired) electrons. The van der Waals surface area contributed by atoms with Crippen molar-refractivity contribution < 1.29 is 37.3 Å². The lowest BCUT2D eigenvalue weighted by atomic mass is 9.88. The lowest BCUT2D eigenvalue weighted by molar-refractivity contribution is -0.111. The molecule has 0 spiro atoms. The molecule has 0 saturated heterocycles. The fraction of sp³-hybridized carbons (Fsp3) is 0.448. The number of benzene rings is 2. The van der Waals surface area contributed by atoms with Gasteiger partial charge in [0, 0.05) is 17.1 Å². The van der Waals surface area contributed by atoms with E-state index < -0.39 is 22.6 Å². The Morgan fingerprint density at radius 2 is 1.64 bits per heavy atom. The number of aliphatic hydroxyl groups is 1. The van der Waals surface area contributed by atoms with Crippen LogP contribution in [0.1, 0.15) is 50.7 Å². The van der Waals surface area contributed by atoms with Crippen molar-refractivity contribution in [3.63, 3.8) is 0 Å². The van der Waals surface area contributed by atoms with Crippen LogP contribution in [0.3, 0.4) is 0 Å². The Bertz CT molecular complexity index is 1300. The molecule has 3 atom stereocenters. The topological polar surface area (TPSA) is 154 Å². The Morgan fingerprint density at radius 3 is 2.29 bits per heavy atom. The van der Waals surface area contributed by atoms with E-state index in [9.17, 15) is 23.1 Å². The smallest absolute Gasteiger partial charge is 0.433 e. The molecule has 13 heteroatoms. The molecule has 1 fully saturated rings. The highest BCUT2D eigenvalue weighted by Gasteiger charge is 2.25. The summed E-state index contributed by atoms with van der Waals surface area (Å²) in [6.07, 6.45) is 1.71. The zero-order chi connectivity index (χ0) is 30.5. The molecular formula is C29H38N2O8S3. The van der Waals surface area contributed by atoms with Crippen LogP contribution in [0.25, 0.3) is 11.3 Å². The quantitative estimate of drug-likeness (QED) is 0.0616. The van der Waals surface area contributed by atoms with Crippen LogP contribution in [0.2, 0.25) is 0 Å². The Morgan fingerprint density at radius 1 is 1.00 bits per heavy atom. The van der Waals surface area contributed by atoms with Crippen molar-refractivity contribution in [2.75, 3.05) is 24.7 Å². The molecule has 10 nitrogen and oxygen atoms in total. The lowest BCUT2D eigenvalue weighted by Crippen LogP contribution is -2.37.